The Balaban J connectivity index is 1.65. The molecule has 5 rings (SSSR count). The van der Waals surface area contributed by atoms with Crippen LogP contribution in [-0.2, 0) is 5.60 Å². The van der Waals surface area contributed by atoms with Crippen molar-refractivity contribution in [2.45, 2.75) is 37.2 Å². The lowest BCUT2D eigenvalue weighted by Crippen LogP contribution is -2.35. The minimum absolute atomic E-state index is 0.420. The number of pyridine rings is 1. The van der Waals surface area contributed by atoms with Crippen molar-refractivity contribution < 1.29 is 9.84 Å². The maximum atomic E-state index is 13.2. The highest BCUT2D eigenvalue weighted by Gasteiger charge is 2.42. The highest BCUT2D eigenvalue weighted by Crippen LogP contribution is 2.48. The lowest BCUT2D eigenvalue weighted by Gasteiger charge is -2.38. The van der Waals surface area contributed by atoms with Gasteiger partial charge in [0.05, 0.1) is 12.6 Å². The lowest BCUT2D eigenvalue weighted by atomic mass is 9.71. The summed E-state index contributed by atoms with van der Waals surface area (Å²) in [6.07, 6.45) is 7.80. The topological polar surface area (TPSA) is 45.6 Å². The van der Waals surface area contributed by atoms with Gasteiger partial charge in [-0.3, -0.25) is 0 Å². The maximum Gasteiger partial charge on any atom is 0.217 e. The van der Waals surface area contributed by atoms with Crippen LogP contribution in [0.25, 0.3) is 23.1 Å². The van der Waals surface area contributed by atoms with E-state index in [1.165, 1.54) is 0 Å². The summed E-state index contributed by atoms with van der Waals surface area (Å²) < 4.78 is 6.93. The molecule has 44 heavy (non-hydrogen) atoms. The average Bonchev–Trinajstić information content (AvgIpc) is 3.04. The molecule has 0 radical (unpaired) electrons. The predicted octanol–water partition coefficient (Wildman–Crippen LogP) is 9.32. The number of benzene rings is 4. The van der Waals surface area contributed by atoms with E-state index in [1.54, 1.807) is 7.11 Å². The van der Waals surface area contributed by atoms with Crippen LogP contribution in [-0.4, -0.2) is 42.7 Å². The normalized spacial score (nSPS) is 13.8. The summed E-state index contributed by atoms with van der Waals surface area (Å²) in [7, 11) is 5.87. The number of aliphatic hydroxyl groups is 1. The molecule has 1 aromatic heterocycles. The van der Waals surface area contributed by atoms with Crippen LogP contribution in [0.1, 0.15) is 59.4 Å². The summed E-state index contributed by atoms with van der Waals surface area (Å²) in [4.78, 5) is 7.14. The Hall–Kier alpha value is -3.77. The van der Waals surface area contributed by atoms with Crippen molar-refractivity contribution >= 4 is 39.0 Å². The minimum atomic E-state index is -1.23. The zero-order chi connectivity index (χ0) is 30.9. The third-order valence-electron chi connectivity index (χ3n) is 8.20. The highest BCUT2D eigenvalue weighted by molar-refractivity contribution is 9.10. The molecule has 0 spiro atoms. The van der Waals surface area contributed by atoms with E-state index in [4.69, 9.17) is 9.72 Å². The molecule has 2 unspecified atom stereocenters. The Bertz CT molecular complexity index is 1690. The molecule has 0 aliphatic rings. The van der Waals surface area contributed by atoms with Crippen molar-refractivity contribution in [3.63, 3.8) is 0 Å². The fourth-order valence-electron chi connectivity index (χ4n) is 6.00. The second-order valence-corrected chi connectivity index (χ2v) is 12.6. The smallest absolute Gasteiger partial charge is 0.217 e. The van der Waals surface area contributed by atoms with E-state index in [9.17, 15) is 5.11 Å². The number of hydrogen-bond donors (Lipinski definition) is 1. The molecule has 0 saturated heterocycles. The van der Waals surface area contributed by atoms with Crippen LogP contribution in [0.5, 0.6) is 5.88 Å². The van der Waals surface area contributed by atoms with Gasteiger partial charge >= 0.3 is 0 Å². The van der Waals surface area contributed by atoms with Gasteiger partial charge in [-0.1, -0.05) is 120 Å². The van der Waals surface area contributed by atoms with Crippen molar-refractivity contribution in [3.05, 3.63) is 141 Å². The fraction of sp³-hybridized carbons (Fsp3) is 0.256. The molecule has 0 fully saturated rings. The van der Waals surface area contributed by atoms with Crippen molar-refractivity contribution in [3.8, 4) is 5.88 Å². The Morgan fingerprint density at radius 2 is 1.52 bits per heavy atom. The van der Waals surface area contributed by atoms with Gasteiger partial charge in [-0.15, -0.1) is 0 Å². The number of rotatable bonds is 13. The second kappa shape index (κ2) is 14.8. The predicted molar refractivity (Wildman–Crippen MR) is 187 cm³/mol. The Kier molecular flexibility index (Phi) is 10.6. The van der Waals surface area contributed by atoms with Crippen LogP contribution in [0.15, 0.2) is 114 Å². The monoisotopic (exact) mass is 648 g/mol. The second-order valence-electron chi connectivity index (χ2n) is 11.7. The quantitative estimate of drug-likeness (QED) is 0.102. The van der Waals surface area contributed by atoms with Crippen LogP contribution < -0.4 is 4.74 Å². The molecule has 226 valence electrons. The number of unbranched alkanes of at least 4 members (excludes halogenated alkanes) is 2. The molecule has 0 aliphatic heterocycles. The SMILES string of the molecule is COc1nc2ccc(Br)cc2cc1C(c1ccccc1)C(O)(CCCCCN(C)C)c1cccc(/C=C/c2ccccc2)c1. The zero-order valence-corrected chi connectivity index (χ0v) is 27.4. The fourth-order valence-corrected chi connectivity index (χ4v) is 6.38. The molecule has 5 heteroatoms. The molecule has 5 aromatic rings. The molecule has 1 N–H and O–H groups in total. The number of halogens is 1. The van der Waals surface area contributed by atoms with Gasteiger partial charge in [0.1, 0.15) is 5.60 Å². The molecule has 4 aromatic carbocycles. The number of aromatic nitrogens is 1. The Morgan fingerprint density at radius 1 is 0.818 bits per heavy atom. The van der Waals surface area contributed by atoms with Crippen LogP contribution in [0.2, 0.25) is 0 Å². The molecule has 0 bridgehead atoms. The van der Waals surface area contributed by atoms with E-state index in [0.29, 0.717) is 12.3 Å². The van der Waals surface area contributed by atoms with E-state index in [0.717, 1.165) is 69.0 Å². The van der Waals surface area contributed by atoms with E-state index >= 15 is 0 Å². The van der Waals surface area contributed by atoms with Crippen LogP contribution in [0.4, 0.5) is 0 Å². The minimum Gasteiger partial charge on any atom is -0.481 e. The van der Waals surface area contributed by atoms with Gasteiger partial charge in [0, 0.05) is 21.3 Å². The lowest BCUT2D eigenvalue weighted by molar-refractivity contribution is 0.00693. The molecule has 4 nitrogen and oxygen atoms in total. The van der Waals surface area contributed by atoms with Gasteiger partial charge in [-0.25, -0.2) is 4.98 Å². The van der Waals surface area contributed by atoms with Gasteiger partial charge in [-0.05, 0) is 86.1 Å². The molecule has 0 aliphatic carbocycles. The van der Waals surface area contributed by atoms with Gasteiger partial charge < -0.3 is 14.7 Å². The van der Waals surface area contributed by atoms with Gasteiger partial charge in [0.15, 0.2) is 0 Å². The van der Waals surface area contributed by atoms with Crippen molar-refractivity contribution in [2.75, 3.05) is 27.7 Å². The number of fused-ring (bicyclic) bond motifs is 1. The summed E-state index contributed by atoms with van der Waals surface area (Å²) in [6.45, 7) is 1.03. The number of hydrogen-bond acceptors (Lipinski definition) is 4. The Morgan fingerprint density at radius 3 is 2.25 bits per heavy atom. The van der Waals surface area contributed by atoms with Crippen LogP contribution in [0.3, 0.4) is 0 Å². The molecular formula is C39H41BrN2O2. The van der Waals surface area contributed by atoms with E-state index in [1.807, 2.05) is 54.6 Å². The number of ether oxygens (including phenoxy) is 1. The average molecular weight is 650 g/mol. The van der Waals surface area contributed by atoms with Crippen LogP contribution >= 0.6 is 15.9 Å². The Labute approximate surface area is 270 Å². The summed E-state index contributed by atoms with van der Waals surface area (Å²) >= 11 is 3.63. The summed E-state index contributed by atoms with van der Waals surface area (Å²) in [6, 6.07) is 37.1. The number of methoxy groups -OCH3 is 1. The first kappa shape index (κ1) is 31.6. The number of nitrogens with zero attached hydrogens (tertiary/aromatic N) is 2. The van der Waals surface area contributed by atoms with E-state index in [-0.39, 0.29) is 0 Å². The molecule has 0 saturated carbocycles. The maximum absolute atomic E-state index is 13.2. The highest BCUT2D eigenvalue weighted by atomic mass is 79.9. The van der Waals surface area contributed by atoms with Crippen LogP contribution in [0, 0.1) is 0 Å². The third-order valence-corrected chi connectivity index (χ3v) is 8.70. The van der Waals surface area contributed by atoms with E-state index in [2.05, 4.69) is 102 Å². The van der Waals surface area contributed by atoms with Crippen molar-refractivity contribution in [1.82, 2.24) is 9.88 Å². The first-order valence-electron chi connectivity index (χ1n) is 15.3. The van der Waals surface area contributed by atoms with Crippen molar-refractivity contribution in [2.24, 2.45) is 0 Å². The van der Waals surface area contributed by atoms with Gasteiger partial charge in [0.25, 0.3) is 0 Å². The summed E-state index contributed by atoms with van der Waals surface area (Å²) in [5, 5.41) is 14.2. The van der Waals surface area contributed by atoms with Gasteiger partial charge in [0.2, 0.25) is 5.88 Å². The van der Waals surface area contributed by atoms with Gasteiger partial charge in [-0.2, -0.15) is 0 Å². The molecule has 1 heterocycles. The van der Waals surface area contributed by atoms with Crippen molar-refractivity contribution in [1.29, 1.82) is 0 Å². The summed E-state index contributed by atoms with van der Waals surface area (Å²) in [5.74, 6) is 0.108. The molecular weight excluding hydrogens is 608 g/mol. The third kappa shape index (κ3) is 7.65. The first-order chi connectivity index (χ1) is 21.4. The largest absolute Gasteiger partial charge is 0.481 e. The molecule has 2 atom stereocenters. The molecule has 0 amide bonds. The first-order valence-corrected chi connectivity index (χ1v) is 16.1. The van der Waals surface area contributed by atoms with E-state index < -0.39 is 11.5 Å². The summed E-state index contributed by atoms with van der Waals surface area (Å²) in [5.41, 5.74) is 4.55. The zero-order valence-electron chi connectivity index (χ0n) is 25.8. The standard InChI is InChI=1S/C39H41BrN2O2/c1-42(2)25-12-6-11-24-39(43,33-19-13-16-30(26-33)21-20-29-14-7-4-8-15-29)37(31-17-9-5-10-18-31)35-28-32-27-34(40)22-23-36(32)41-38(35)44-3/h4-5,7-10,13-23,26-28,37,43H,6,11-12,24-25H2,1-3H3/b21-20+.